The van der Waals surface area contributed by atoms with E-state index < -0.39 is 9.84 Å². The van der Waals surface area contributed by atoms with Crippen molar-refractivity contribution in [1.29, 1.82) is 0 Å². The molecule has 0 aromatic heterocycles. The third-order valence-electron chi connectivity index (χ3n) is 4.61. The first kappa shape index (κ1) is 13.3. The van der Waals surface area contributed by atoms with Gasteiger partial charge in [-0.1, -0.05) is 6.92 Å². The third-order valence-corrected chi connectivity index (χ3v) is 6.40. The van der Waals surface area contributed by atoms with Crippen LogP contribution in [-0.4, -0.2) is 33.5 Å². The summed E-state index contributed by atoms with van der Waals surface area (Å²) < 4.78 is 23.0. The van der Waals surface area contributed by atoms with E-state index in [9.17, 15) is 8.42 Å². The molecule has 4 heteroatoms. The highest BCUT2D eigenvalue weighted by Crippen LogP contribution is 2.61. The van der Waals surface area contributed by atoms with Gasteiger partial charge < -0.3 is 5.32 Å². The standard InChI is InChI=1S/C13H25NO2S/c1-3-17(15,16)6-4-5-13(10-14-2)8-11-7-12(11)9-13/h11-12,14H,3-10H2,1-2H3. The van der Waals surface area contributed by atoms with Gasteiger partial charge in [-0.15, -0.1) is 0 Å². The van der Waals surface area contributed by atoms with Gasteiger partial charge in [0.05, 0.1) is 5.75 Å². The predicted molar refractivity (Wildman–Crippen MR) is 70.8 cm³/mol. The number of rotatable bonds is 7. The van der Waals surface area contributed by atoms with Crippen molar-refractivity contribution in [2.75, 3.05) is 25.1 Å². The molecule has 0 aromatic carbocycles. The van der Waals surface area contributed by atoms with E-state index in [2.05, 4.69) is 5.32 Å². The van der Waals surface area contributed by atoms with Gasteiger partial charge in [0.1, 0.15) is 9.84 Å². The van der Waals surface area contributed by atoms with Crippen LogP contribution in [0.1, 0.15) is 39.0 Å². The van der Waals surface area contributed by atoms with Crippen molar-refractivity contribution in [1.82, 2.24) is 5.32 Å². The molecule has 0 aliphatic heterocycles. The quantitative estimate of drug-likeness (QED) is 0.759. The first-order valence-electron chi connectivity index (χ1n) is 6.85. The molecule has 2 aliphatic carbocycles. The minimum atomic E-state index is -2.78. The lowest BCUT2D eigenvalue weighted by Gasteiger charge is -2.30. The molecule has 0 spiro atoms. The average Bonchev–Trinajstić information content (AvgIpc) is 2.87. The first-order valence-corrected chi connectivity index (χ1v) is 8.67. The second kappa shape index (κ2) is 4.88. The molecule has 0 aromatic rings. The van der Waals surface area contributed by atoms with E-state index in [0.29, 0.717) is 11.2 Å². The molecule has 2 atom stereocenters. The van der Waals surface area contributed by atoms with Crippen LogP contribution < -0.4 is 5.32 Å². The van der Waals surface area contributed by atoms with Crippen LogP contribution in [0.2, 0.25) is 0 Å². The normalized spacial score (nSPS) is 35.9. The lowest BCUT2D eigenvalue weighted by Crippen LogP contribution is -2.32. The maximum Gasteiger partial charge on any atom is 0.150 e. The number of fused-ring (bicyclic) bond motifs is 1. The fourth-order valence-electron chi connectivity index (χ4n) is 3.63. The molecule has 0 saturated heterocycles. The van der Waals surface area contributed by atoms with E-state index in [1.807, 2.05) is 7.05 Å². The van der Waals surface area contributed by atoms with Crippen LogP contribution in [0.15, 0.2) is 0 Å². The van der Waals surface area contributed by atoms with Gasteiger partial charge in [-0.2, -0.15) is 0 Å². The Bertz CT molecular complexity index is 354. The van der Waals surface area contributed by atoms with Gasteiger partial charge in [0.25, 0.3) is 0 Å². The maximum absolute atomic E-state index is 11.5. The van der Waals surface area contributed by atoms with Crippen LogP contribution in [0.25, 0.3) is 0 Å². The fraction of sp³-hybridized carbons (Fsp3) is 1.00. The summed E-state index contributed by atoms with van der Waals surface area (Å²) in [6.07, 6.45) is 6.01. The Hall–Kier alpha value is -0.0900. The minimum Gasteiger partial charge on any atom is -0.319 e. The zero-order valence-electron chi connectivity index (χ0n) is 11.0. The molecule has 2 aliphatic rings. The van der Waals surface area contributed by atoms with Gasteiger partial charge in [0, 0.05) is 12.3 Å². The van der Waals surface area contributed by atoms with E-state index in [0.717, 1.165) is 31.2 Å². The van der Waals surface area contributed by atoms with Gasteiger partial charge in [0.2, 0.25) is 0 Å². The molecular weight excluding hydrogens is 234 g/mol. The highest BCUT2D eigenvalue weighted by molar-refractivity contribution is 7.91. The average molecular weight is 259 g/mol. The van der Waals surface area contributed by atoms with Crippen LogP contribution >= 0.6 is 0 Å². The van der Waals surface area contributed by atoms with Gasteiger partial charge in [0.15, 0.2) is 0 Å². The fourth-order valence-corrected chi connectivity index (χ4v) is 4.50. The van der Waals surface area contributed by atoms with Crippen molar-refractivity contribution in [3.05, 3.63) is 0 Å². The summed E-state index contributed by atoms with van der Waals surface area (Å²) in [5, 5.41) is 3.30. The van der Waals surface area contributed by atoms with Crippen LogP contribution in [0, 0.1) is 17.3 Å². The SMILES string of the molecule is CCS(=O)(=O)CCCC1(CNC)CC2CC2C1. The summed E-state index contributed by atoms with van der Waals surface area (Å²) in [5.41, 5.74) is 0.408. The molecule has 2 unspecified atom stereocenters. The Balaban J connectivity index is 1.83. The van der Waals surface area contributed by atoms with Crippen LogP contribution in [0.3, 0.4) is 0 Å². The van der Waals surface area contributed by atoms with Crippen molar-refractivity contribution in [2.24, 2.45) is 17.3 Å². The Morgan fingerprint density at radius 3 is 2.47 bits per heavy atom. The number of hydrogen-bond donors (Lipinski definition) is 1. The van der Waals surface area contributed by atoms with E-state index >= 15 is 0 Å². The Morgan fingerprint density at radius 2 is 1.94 bits per heavy atom. The highest BCUT2D eigenvalue weighted by Gasteiger charge is 2.52. The second-order valence-corrected chi connectivity index (χ2v) is 8.51. The summed E-state index contributed by atoms with van der Waals surface area (Å²) in [6, 6.07) is 0. The number of nitrogens with one attached hydrogen (secondary N) is 1. The minimum absolute atomic E-state index is 0.289. The summed E-state index contributed by atoms with van der Waals surface area (Å²) in [5.74, 6) is 2.60. The van der Waals surface area contributed by atoms with E-state index in [1.165, 1.54) is 19.3 Å². The van der Waals surface area contributed by atoms with E-state index in [-0.39, 0.29) is 5.75 Å². The van der Waals surface area contributed by atoms with Gasteiger partial charge in [-0.25, -0.2) is 8.42 Å². The van der Waals surface area contributed by atoms with Crippen molar-refractivity contribution in [3.8, 4) is 0 Å². The van der Waals surface area contributed by atoms with E-state index in [4.69, 9.17) is 0 Å². The molecule has 2 saturated carbocycles. The van der Waals surface area contributed by atoms with Crippen LogP contribution in [-0.2, 0) is 9.84 Å². The zero-order chi connectivity index (χ0) is 12.5. The molecule has 2 fully saturated rings. The molecule has 0 radical (unpaired) electrons. The lowest BCUT2D eigenvalue weighted by atomic mass is 9.79. The Morgan fingerprint density at radius 1 is 1.29 bits per heavy atom. The molecule has 0 heterocycles. The Labute approximate surface area is 105 Å². The summed E-state index contributed by atoms with van der Waals surface area (Å²) in [7, 11) is -0.767. The van der Waals surface area contributed by atoms with Crippen molar-refractivity contribution in [2.45, 2.75) is 39.0 Å². The molecule has 0 bridgehead atoms. The lowest BCUT2D eigenvalue weighted by molar-refractivity contribution is 0.234. The van der Waals surface area contributed by atoms with Crippen molar-refractivity contribution in [3.63, 3.8) is 0 Å². The number of sulfone groups is 1. The first-order chi connectivity index (χ1) is 8.00. The van der Waals surface area contributed by atoms with E-state index in [1.54, 1.807) is 6.92 Å². The third kappa shape index (κ3) is 3.22. The second-order valence-electron chi connectivity index (χ2n) is 6.03. The summed E-state index contributed by atoms with van der Waals surface area (Å²) >= 11 is 0. The largest absolute Gasteiger partial charge is 0.319 e. The highest BCUT2D eigenvalue weighted by atomic mass is 32.2. The predicted octanol–water partition coefficient (Wildman–Crippen LogP) is 1.84. The number of hydrogen-bond acceptors (Lipinski definition) is 3. The molecule has 1 N–H and O–H groups in total. The smallest absolute Gasteiger partial charge is 0.150 e. The molecule has 17 heavy (non-hydrogen) atoms. The molecule has 3 nitrogen and oxygen atoms in total. The zero-order valence-corrected chi connectivity index (χ0v) is 11.9. The molecule has 100 valence electrons. The van der Waals surface area contributed by atoms with Gasteiger partial charge in [-0.05, 0) is 56.4 Å². The summed E-state index contributed by atoms with van der Waals surface area (Å²) in [4.78, 5) is 0. The molecular formula is C13H25NO2S. The van der Waals surface area contributed by atoms with Crippen molar-refractivity contribution >= 4 is 9.84 Å². The van der Waals surface area contributed by atoms with Crippen LogP contribution in [0.5, 0.6) is 0 Å². The van der Waals surface area contributed by atoms with Gasteiger partial charge in [-0.3, -0.25) is 0 Å². The van der Waals surface area contributed by atoms with Gasteiger partial charge >= 0.3 is 0 Å². The maximum atomic E-state index is 11.5. The molecule has 2 rings (SSSR count). The Kier molecular flexibility index (Phi) is 3.83. The summed E-state index contributed by atoms with van der Waals surface area (Å²) in [6.45, 7) is 2.80. The topological polar surface area (TPSA) is 46.2 Å². The van der Waals surface area contributed by atoms with Crippen LogP contribution in [0.4, 0.5) is 0 Å². The molecule has 0 amide bonds. The van der Waals surface area contributed by atoms with Crippen molar-refractivity contribution < 1.29 is 8.42 Å². The monoisotopic (exact) mass is 259 g/mol.